The van der Waals surface area contributed by atoms with Gasteiger partial charge < -0.3 is 9.30 Å². The molecule has 0 aliphatic carbocycles. The molecule has 3 rings (SSSR count). The molecular formula is C19H14FN3O5S. The van der Waals surface area contributed by atoms with Crippen LogP contribution in [0.4, 0.5) is 10.1 Å². The Hall–Kier alpha value is -3.66. The highest BCUT2D eigenvalue weighted by molar-refractivity contribution is 7.16. The zero-order chi connectivity index (χ0) is 21.0. The molecular weight excluding hydrogens is 401 g/mol. The average Bonchev–Trinajstić information content (AvgIpc) is 3.04. The number of benzene rings is 2. The number of carbonyl (C=O) groups is 2. The number of nitrogens with zero attached hydrogens (tertiary/aromatic N) is 3. The van der Waals surface area contributed by atoms with Crippen LogP contribution in [-0.4, -0.2) is 28.5 Å². The van der Waals surface area contributed by atoms with E-state index in [1.807, 2.05) is 0 Å². The molecule has 3 aromatic rings. The number of para-hydroxylation sites is 1. The Balaban J connectivity index is 1.95. The molecule has 0 N–H and O–H groups in total. The van der Waals surface area contributed by atoms with E-state index in [1.165, 1.54) is 60.2 Å². The fourth-order valence-electron chi connectivity index (χ4n) is 2.52. The highest BCUT2D eigenvalue weighted by Crippen LogP contribution is 2.20. The van der Waals surface area contributed by atoms with E-state index in [9.17, 15) is 24.1 Å². The molecule has 0 saturated carbocycles. The third-order valence-corrected chi connectivity index (χ3v) is 4.94. The van der Waals surface area contributed by atoms with E-state index in [-0.39, 0.29) is 22.6 Å². The first-order chi connectivity index (χ1) is 13.9. The smallest absolute Gasteiger partial charge is 0.325 e. The van der Waals surface area contributed by atoms with E-state index in [1.54, 1.807) is 6.07 Å². The number of halogens is 1. The number of hydrogen-bond donors (Lipinski definition) is 0. The van der Waals surface area contributed by atoms with Gasteiger partial charge in [0.25, 0.3) is 11.6 Å². The second kappa shape index (κ2) is 8.57. The lowest BCUT2D eigenvalue weighted by Gasteiger charge is -2.03. The standard InChI is InChI=1S/C19H14FN3O5S/c1-28-17(25)11-22-18-14(20)3-2-4-15(18)29-19(22)21-16(24)10-7-12-5-8-13(9-6-12)23(26)27/h2-10H,11H2,1H3/b10-7+,21-19?. The molecule has 1 amide bonds. The van der Waals surface area contributed by atoms with Gasteiger partial charge in [-0.3, -0.25) is 19.7 Å². The maximum Gasteiger partial charge on any atom is 0.325 e. The fraction of sp³-hybridized carbons (Fsp3) is 0.105. The number of hydrogen-bond acceptors (Lipinski definition) is 6. The van der Waals surface area contributed by atoms with Crippen LogP contribution < -0.4 is 4.80 Å². The van der Waals surface area contributed by atoms with E-state index < -0.39 is 22.6 Å². The van der Waals surface area contributed by atoms with Crippen LogP contribution in [0.3, 0.4) is 0 Å². The predicted octanol–water partition coefficient (Wildman–Crippen LogP) is 3.06. The van der Waals surface area contributed by atoms with Gasteiger partial charge in [-0.05, 0) is 35.9 Å². The van der Waals surface area contributed by atoms with Gasteiger partial charge in [-0.2, -0.15) is 4.99 Å². The van der Waals surface area contributed by atoms with Crippen molar-refractivity contribution in [2.45, 2.75) is 6.54 Å². The van der Waals surface area contributed by atoms with Crippen molar-refractivity contribution in [3.8, 4) is 0 Å². The lowest BCUT2D eigenvalue weighted by molar-refractivity contribution is -0.384. The van der Waals surface area contributed by atoms with Crippen molar-refractivity contribution in [3.05, 3.63) is 74.8 Å². The first kappa shape index (κ1) is 20.1. The van der Waals surface area contributed by atoms with Crippen molar-refractivity contribution in [1.29, 1.82) is 0 Å². The number of carbonyl (C=O) groups excluding carboxylic acids is 2. The van der Waals surface area contributed by atoms with E-state index in [0.29, 0.717) is 10.3 Å². The molecule has 0 radical (unpaired) electrons. The fourth-order valence-corrected chi connectivity index (χ4v) is 3.57. The van der Waals surface area contributed by atoms with Crippen LogP contribution in [0.2, 0.25) is 0 Å². The second-order valence-electron chi connectivity index (χ2n) is 5.77. The summed E-state index contributed by atoms with van der Waals surface area (Å²) in [6.07, 6.45) is 2.64. The zero-order valence-electron chi connectivity index (χ0n) is 15.1. The number of amides is 1. The summed E-state index contributed by atoms with van der Waals surface area (Å²) in [6.45, 7) is -0.296. The van der Waals surface area contributed by atoms with Gasteiger partial charge in [-0.15, -0.1) is 0 Å². The molecule has 29 heavy (non-hydrogen) atoms. The topological polar surface area (TPSA) is 104 Å². The van der Waals surface area contributed by atoms with Crippen LogP contribution >= 0.6 is 11.3 Å². The largest absolute Gasteiger partial charge is 0.468 e. The minimum absolute atomic E-state index is 0.0608. The van der Waals surface area contributed by atoms with Gasteiger partial charge in [0, 0.05) is 18.2 Å². The number of nitro groups is 1. The monoisotopic (exact) mass is 415 g/mol. The Labute approximate surface area is 167 Å². The molecule has 0 bridgehead atoms. The van der Waals surface area contributed by atoms with Gasteiger partial charge in [0.1, 0.15) is 12.4 Å². The minimum Gasteiger partial charge on any atom is -0.468 e. The van der Waals surface area contributed by atoms with Crippen LogP contribution in [0, 0.1) is 15.9 Å². The van der Waals surface area contributed by atoms with Crippen molar-refractivity contribution in [2.75, 3.05) is 7.11 Å². The molecule has 2 aromatic carbocycles. The number of methoxy groups -OCH3 is 1. The molecule has 8 nitrogen and oxygen atoms in total. The maximum atomic E-state index is 14.3. The average molecular weight is 415 g/mol. The third kappa shape index (κ3) is 4.61. The van der Waals surface area contributed by atoms with E-state index in [0.717, 1.165) is 11.3 Å². The molecule has 0 saturated heterocycles. The van der Waals surface area contributed by atoms with Crippen LogP contribution in [0.25, 0.3) is 16.3 Å². The summed E-state index contributed by atoms with van der Waals surface area (Å²) < 4.78 is 20.7. The number of rotatable bonds is 5. The van der Waals surface area contributed by atoms with Crippen molar-refractivity contribution < 1.29 is 23.6 Å². The first-order valence-electron chi connectivity index (χ1n) is 8.25. The normalized spacial score (nSPS) is 11.9. The Morgan fingerprint density at radius 3 is 2.66 bits per heavy atom. The number of aromatic nitrogens is 1. The van der Waals surface area contributed by atoms with Crippen LogP contribution in [0.1, 0.15) is 5.56 Å². The molecule has 1 aromatic heterocycles. The number of nitro benzene ring substituents is 1. The zero-order valence-corrected chi connectivity index (χ0v) is 15.9. The number of non-ortho nitro benzene ring substituents is 1. The predicted molar refractivity (Wildman–Crippen MR) is 104 cm³/mol. The van der Waals surface area contributed by atoms with Gasteiger partial charge in [0.05, 0.1) is 22.2 Å². The van der Waals surface area contributed by atoms with Gasteiger partial charge >= 0.3 is 5.97 Å². The lowest BCUT2D eigenvalue weighted by Crippen LogP contribution is -2.22. The summed E-state index contributed by atoms with van der Waals surface area (Å²) in [5.41, 5.74) is 0.673. The van der Waals surface area contributed by atoms with Crippen molar-refractivity contribution in [1.82, 2.24) is 4.57 Å². The minimum atomic E-state index is -0.631. The summed E-state index contributed by atoms with van der Waals surface area (Å²) in [5.74, 6) is -1.78. The Morgan fingerprint density at radius 1 is 1.28 bits per heavy atom. The number of fused-ring (bicyclic) bond motifs is 1. The summed E-state index contributed by atoms with van der Waals surface area (Å²) in [7, 11) is 1.21. The first-order valence-corrected chi connectivity index (χ1v) is 9.06. The molecule has 0 aliphatic heterocycles. The van der Waals surface area contributed by atoms with Gasteiger partial charge in [-0.25, -0.2) is 4.39 Å². The third-order valence-electron chi connectivity index (χ3n) is 3.89. The van der Waals surface area contributed by atoms with Crippen molar-refractivity contribution >= 4 is 45.2 Å². The molecule has 0 unspecified atom stereocenters. The number of esters is 1. The molecule has 1 heterocycles. The Morgan fingerprint density at radius 2 is 2.00 bits per heavy atom. The van der Waals surface area contributed by atoms with Crippen LogP contribution in [-0.2, 0) is 20.9 Å². The molecule has 0 aliphatic rings. The summed E-state index contributed by atoms with van der Waals surface area (Å²) in [6, 6.07) is 10.1. The van der Waals surface area contributed by atoms with Gasteiger partial charge in [0.2, 0.25) is 0 Å². The van der Waals surface area contributed by atoms with E-state index in [4.69, 9.17) is 0 Å². The van der Waals surface area contributed by atoms with E-state index in [2.05, 4.69) is 9.73 Å². The SMILES string of the molecule is COC(=O)Cn1c(=NC(=O)/C=C/c2ccc([N+](=O)[O-])cc2)sc2cccc(F)c21. The molecule has 0 spiro atoms. The lowest BCUT2D eigenvalue weighted by atomic mass is 10.2. The van der Waals surface area contributed by atoms with E-state index >= 15 is 0 Å². The van der Waals surface area contributed by atoms with Crippen LogP contribution in [0.5, 0.6) is 0 Å². The molecule has 10 heteroatoms. The highest BCUT2D eigenvalue weighted by atomic mass is 32.1. The molecule has 0 fully saturated rings. The van der Waals surface area contributed by atoms with Crippen LogP contribution in [0.15, 0.2) is 53.5 Å². The molecule has 0 atom stereocenters. The second-order valence-corrected chi connectivity index (χ2v) is 6.77. The number of thiazole rings is 1. The quantitative estimate of drug-likeness (QED) is 0.276. The summed E-state index contributed by atoms with van der Waals surface area (Å²) in [4.78, 5) is 38.2. The van der Waals surface area contributed by atoms with Gasteiger partial charge in [0.15, 0.2) is 4.80 Å². The summed E-state index contributed by atoms with van der Waals surface area (Å²) >= 11 is 1.06. The number of ether oxygens (including phenoxy) is 1. The van der Waals surface area contributed by atoms with Crippen molar-refractivity contribution in [2.24, 2.45) is 4.99 Å². The molecule has 148 valence electrons. The summed E-state index contributed by atoms with van der Waals surface area (Å²) in [5, 5.41) is 10.7. The maximum absolute atomic E-state index is 14.3. The van der Waals surface area contributed by atoms with Gasteiger partial charge in [-0.1, -0.05) is 17.4 Å². The van der Waals surface area contributed by atoms with Crippen molar-refractivity contribution in [3.63, 3.8) is 0 Å². The highest BCUT2D eigenvalue weighted by Gasteiger charge is 2.14. The Bertz CT molecular complexity index is 1190. The Kier molecular flexibility index (Phi) is 5.93.